The molecule has 2 aromatic heterocycles. The van der Waals surface area contributed by atoms with Crippen LogP contribution in [0.1, 0.15) is 47.6 Å². The van der Waals surface area contributed by atoms with Crippen molar-refractivity contribution in [1.82, 2.24) is 34.6 Å². The molecule has 0 spiro atoms. The monoisotopic (exact) mass is 625 g/mol. The van der Waals surface area contributed by atoms with Gasteiger partial charge in [-0.1, -0.05) is 25.1 Å². The van der Waals surface area contributed by atoms with Gasteiger partial charge < -0.3 is 29.2 Å². The Balaban J connectivity index is 1.20. The van der Waals surface area contributed by atoms with Gasteiger partial charge in [0.15, 0.2) is 11.5 Å². The molecule has 12 heteroatoms. The number of rotatable bonds is 6. The van der Waals surface area contributed by atoms with Crippen LogP contribution in [0.2, 0.25) is 0 Å². The van der Waals surface area contributed by atoms with Gasteiger partial charge in [0.2, 0.25) is 11.8 Å². The first-order valence-electron chi connectivity index (χ1n) is 15.8. The minimum Gasteiger partial charge on any atom is -0.493 e. The summed E-state index contributed by atoms with van der Waals surface area (Å²) in [7, 11) is 1.58. The highest BCUT2D eigenvalue weighted by Crippen LogP contribution is 2.38. The third-order valence-corrected chi connectivity index (χ3v) is 8.79. The SMILES string of the molecule is CCc1nccn1CCC(=O)N1CCCNC(=O)[C@H]2CN(C(=O)c3cnc4ccccc4n3)C[C@@H]2c2ccc(OC)c(c2)OCC1. The number of benzene rings is 2. The van der Waals surface area contributed by atoms with Crippen molar-refractivity contribution in [2.24, 2.45) is 5.92 Å². The number of amides is 3. The van der Waals surface area contributed by atoms with E-state index in [1.54, 1.807) is 23.1 Å². The van der Waals surface area contributed by atoms with Gasteiger partial charge in [0.25, 0.3) is 5.91 Å². The maximum atomic E-state index is 13.7. The van der Waals surface area contributed by atoms with Crippen LogP contribution < -0.4 is 14.8 Å². The molecule has 2 aliphatic rings. The summed E-state index contributed by atoms with van der Waals surface area (Å²) < 4.78 is 13.8. The number of likely N-dealkylation sites (tertiary alicyclic amines) is 1. The summed E-state index contributed by atoms with van der Waals surface area (Å²) in [5, 5.41) is 3.08. The van der Waals surface area contributed by atoms with E-state index in [2.05, 4.69) is 20.3 Å². The number of hydrogen-bond acceptors (Lipinski definition) is 8. The number of carbonyl (C=O) groups is 3. The molecule has 2 bridgehead atoms. The number of carbonyl (C=O) groups excluding carboxylic acids is 3. The fourth-order valence-electron chi connectivity index (χ4n) is 6.30. The summed E-state index contributed by atoms with van der Waals surface area (Å²) in [6.07, 6.45) is 6.86. The van der Waals surface area contributed by atoms with Gasteiger partial charge in [0.05, 0.1) is 36.8 Å². The molecule has 1 N–H and O–H groups in total. The average Bonchev–Trinajstić information content (AvgIpc) is 3.75. The Morgan fingerprint density at radius 1 is 1.04 bits per heavy atom. The van der Waals surface area contributed by atoms with Crippen LogP contribution >= 0.6 is 0 Å². The third kappa shape index (κ3) is 6.65. The molecule has 2 atom stereocenters. The molecule has 6 rings (SSSR count). The molecule has 1 saturated heterocycles. The number of fused-ring (bicyclic) bond motifs is 5. The third-order valence-electron chi connectivity index (χ3n) is 8.79. The zero-order chi connectivity index (χ0) is 32.0. The second-order valence-electron chi connectivity index (χ2n) is 11.6. The normalized spacial score (nSPS) is 18.8. The molecule has 0 radical (unpaired) electrons. The molecule has 12 nitrogen and oxygen atoms in total. The van der Waals surface area contributed by atoms with E-state index in [0.717, 1.165) is 17.8 Å². The topological polar surface area (TPSA) is 132 Å². The number of imidazole rings is 1. The van der Waals surface area contributed by atoms with Crippen molar-refractivity contribution in [3.05, 3.63) is 78.1 Å². The van der Waals surface area contributed by atoms with Gasteiger partial charge in [-0.3, -0.25) is 19.4 Å². The summed E-state index contributed by atoms with van der Waals surface area (Å²) in [5.74, 6) is 0.898. The van der Waals surface area contributed by atoms with E-state index in [0.29, 0.717) is 68.1 Å². The average molecular weight is 626 g/mol. The van der Waals surface area contributed by atoms with Crippen LogP contribution in [-0.2, 0) is 22.6 Å². The number of ether oxygens (including phenoxy) is 2. The smallest absolute Gasteiger partial charge is 0.274 e. The van der Waals surface area contributed by atoms with Crippen LogP contribution in [0.3, 0.4) is 0 Å². The van der Waals surface area contributed by atoms with E-state index in [4.69, 9.17) is 9.47 Å². The molecule has 4 aromatic rings. The molecular weight excluding hydrogens is 586 g/mol. The van der Waals surface area contributed by atoms with Crippen LogP contribution in [0.5, 0.6) is 11.5 Å². The van der Waals surface area contributed by atoms with E-state index in [1.807, 2.05) is 60.2 Å². The molecule has 46 heavy (non-hydrogen) atoms. The van der Waals surface area contributed by atoms with E-state index >= 15 is 0 Å². The number of nitrogens with zero attached hydrogens (tertiary/aromatic N) is 6. The summed E-state index contributed by atoms with van der Waals surface area (Å²) in [4.78, 5) is 57.4. The number of nitrogens with one attached hydrogen (secondary N) is 1. The van der Waals surface area contributed by atoms with Gasteiger partial charge in [-0.05, 0) is 36.2 Å². The molecule has 0 aliphatic carbocycles. The largest absolute Gasteiger partial charge is 0.493 e. The summed E-state index contributed by atoms with van der Waals surface area (Å²) in [5.41, 5.74) is 2.46. The number of hydrogen-bond donors (Lipinski definition) is 1. The molecule has 2 aliphatic heterocycles. The number of methoxy groups -OCH3 is 1. The second kappa shape index (κ2) is 14.0. The zero-order valence-corrected chi connectivity index (χ0v) is 26.2. The van der Waals surface area contributed by atoms with Crippen molar-refractivity contribution in [2.45, 2.75) is 38.6 Å². The quantitative estimate of drug-likeness (QED) is 0.346. The molecule has 1 fully saturated rings. The van der Waals surface area contributed by atoms with Crippen LogP contribution in [0.25, 0.3) is 11.0 Å². The Kier molecular flexibility index (Phi) is 9.41. The summed E-state index contributed by atoms with van der Waals surface area (Å²) >= 11 is 0. The summed E-state index contributed by atoms with van der Waals surface area (Å²) in [6.45, 7) is 4.74. The van der Waals surface area contributed by atoms with Crippen LogP contribution in [-0.4, -0.2) is 93.5 Å². The first-order chi connectivity index (χ1) is 22.4. The van der Waals surface area contributed by atoms with Crippen molar-refractivity contribution < 1.29 is 23.9 Å². The second-order valence-corrected chi connectivity index (χ2v) is 11.6. The van der Waals surface area contributed by atoms with Gasteiger partial charge >= 0.3 is 0 Å². The molecule has 0 saturated carbocycles. The number of aromatic nitrogens is 4. The first-order valence-corrected chi connectivity index (χ1v) is 15.8. The van der Waals surface area contributed by atoms with Gasteiger partial charge in [-0.15, -0.1) is 0 Å². The zero-order valence-electron chi connectivity index (χ0n) is 26.2. The van der Waals surface area contributed by atoms with Gasteiger partial charge in [-0.2, -0.15) is 0 Å². The van der Waals surface area contributed by atoms with E-state index in [1.165, 1.54) is 6.20 Å². The standard InChI is InChI=1S/C34H39N7O5/c1-3-31-35-13-16-39(31)15-11-32(42)40-14-6-12-36-33(43)25-22-41(34(44)28-20-37-26-7-4-5-8-27(26)38-28)21-24(25)23-9-10-29(45-2)30(19-23)46-18-17-40/h4-5,7-10,13,16,19-20,24-25H,3,6,11-12,14-15,17-18,21-22H2,1-2H3,(H,36,43)/t24-,25+/m1/s1. The van der Waals surface area contributed by atoms with Crippen molar-refractivity contribution >= 4 is 28.8 Å². The number of para-hydroxylation sites is 2. The highest BCUT2D eigenvalue weighted by Gasteiger charge is 2.41. The molecule has 2 aromatic carbocycles. The van der Waals surface area contributed by atoms with Crippen LogP contribution in [0.4, 0.5) is 0 Å². The lowest BCUT2D eigenvalue weighted by Crippen LogP contribution is -2.39. The fourth-order valence-corrected chi connectivity index (χ4v) is 6.30. The Hall–Kier alpha value is -5.00. The van der Waals surface area contributed by atoms with E-state index in [-0.39, 0.29) is 42.5 Å². The number of aryl methyl sites for hydroxylation is 2. The van der Waals surface area contributed by atoms with Crippen LogP contribution in [0, 0.1) is 5.92 Å². The Morgan fingerprint density at radius 3 is 2.70 bits per heavy atom. The lowest BCUT2D eigenvalue weighted by Gasteiger charge is -2.25. The molecule has 3 amide bonds. The highest BCUT2D eigenvalue weighted by atomic mass is 16.5. The maximum absolute atomic E-state index is 13.7. The van der Waals surface area contributed by atoms with Crippen LogP contribution in [0.15, 0.2) is 61.1 Å². The van der Waals surface area contributed by atoms with Crippen molar-refractivity contribution in [1.29, 1.82) is 0 Å². The van der Waals surface area contributed by atoms with E-state index in [9.17, 15) is 14.4 Å². The van der Waals surface area contributed by atoms with Crippen molar-refractivity contribution in [3.63, 3.8) is 0 Å². The predicted molar refractivity (Wildman–Crippen MR) is 171 cm³/mol. The van der Waals surface area contributed by atoms with Crippen molar-refractivity contribution in [3.8, 4) is 11.5 Å². The Labute approximate surface area is 267 Å². The molecule has 240 valence electrons. The van der Waals surface area contributed by atoms with Gasteiger partial charge in [0.1, 0.15) is 18.1 Å². The predicted octanol–water partition coefficient (Wildman–Crippen LogP) is 3.07. The fraction of sp³-hybridized carbons (Fsp3) is 0.412. The van der Waals surface area contributed by atoms with E-state index < -0.39 is 5.92 Å². The molecular formula is C34H39N7O5. The first kappa shape index (κ1) is 31.0. The lowest BCUT2D eigenvalue weighted by atomic mass is 9.88. The Bertz CT molecular complexity index is 1720. The minimum atomic E-state index is -0.484. The minimum absolute atomic E-state index is 0.0142. The van der Waals surface area contributed by atoms with Gasteiger partial charge in [-0.25, -0.2) is 9.97 Å². The van der Waals surface area contributed by atoms with Gasteiger partial charge in [0, 0.05) is 63.9 Å². The Morgan fingerprint density at radius 2 is 1.87 bits per heavy atom. The van der Waals surface area contributed by atoms with Crippen molar-refractivity contribution in [2.75, 3.05) is 46.4 Å². The maximum Gasteiger partial charge on any atom is 0.274 e. The summed E-state index contributed by atoms with van der Waals surface area (Å²) in [6, 6.07) is 13.0. The lowest BCUT2D eigenvalue weighted by molar-refractivity contribution is -0.131. The molecule has 0 unspecified atom stereocenters. The highest BCUT2D eigenvalue weighted by molar-refractivity contribution is 5.95. The molecule has 4 heterocycles.